The van der Waals surface area contributed by atoms with Crippen LogP contribution in [0.4, 0.5) is 0 Å². The van der Waals surface area contributed by atoms with E-state index in [-0.39, 0.29) is 24.0 Å². The largest absolute Gasteiger partial charge is 0.379 e. The molecular weight excluding hydrogens is 455 g/mol. The molecule has 2 saturated heterocycles. The zero-order valence-electron chi connectivity index (χ0n) is 16.4. The van der Waals surface area contributed by atoms with Gasteiger partial charge in [-0.2, -0.15) is 0 Å². The third-order valence-electron chi connectivity index (χ3n) is 5.16. The highest BCUT2D eigenvalue weighted by molar-refractivity contribution is 14.0. The van der Waals surface area contributed by atoms with E-state index in [9.17, 15) is 0 Å². The van der Waals surface area contributed by atoms with Crippen molar-refractivity contribution in [3.05, 3.63) is 35.4 Å². The van der Waals surface area contributed by atoms with Gasteiger partial charge in [0.15, 0.2) is 5.96 Å². The summed E-state index contributed by atoms with van der Waals surface area (Å²) in [6, 6.07) is 9.15. The number of halogens is 1. The van der Waals surface area contributed by atoms with Crippen LogP contribution in [0.3, 0.4) is 0 Å². The monoisotopic (exact) mass is 488 g/mol. The van der Waals surface area contributed by atoms with Crippen molar-refractivity contribution in [1.29, 1.82) is 0 Å². The Morgan fingerprint density at radius 1 is 1.19 bits per heavy atom. The summed E-state index contributed by atoms with van der Waals surface area (Å²) in [4.78, 5) is 6.86. The van der Waals surface area contributed by atoms with Gasteiger partial charge >= 0.3 is 0 Å². The molecule has 152 valence electrons. The van der Waals surface area contributed by atoms with Crippen molar-refractivity contribution in [1.82, 2.24) is 15.5 Å². The molecule has 0 aliphatic carbocycles. The van der Waals surface area contributed by atoms with E-state index in [0.29, 0.717) is 12.1 Å². The van der Waals surface area contributed by atoms with Crippen LogP contribution in [0.5, 0.6) is 0 Å². The summed E-state index contributed by atoms with van der Waals surface area (Å²) in [7, 11) is 1.82. The summed E-state index contributed by atoms with van der Waals surface area (Å²) in [6.45, 7) is 8.15. The van der Waals surface area contributed by atoms with Crippen LogP contribution < -0.4 is 10.6 Å². The fourth-order valence-electron chi connectivity index (χ4n) is 3.57. The minimum absolute atomic E-state index is 0. The maximum atomic E-state index is 5.68. The summed E-state index contributed by atoms with van der Waals surface area (Å²) in [5, 5.41) is 6.91. The third-order valence-corrected chi connectivity index (χ3v) is 5.16. The molecule has 3 rings (SSSR count). The molecule has 27 heavy (non-hydrogen) atoms. The van der Waals surface area contributed by atoms with Crippen LogP contribution in [0.2, 0.25) is 0 Å². The van der Waals surface area contributed by atoms with Gasteiger partial charge in [0.05, 0.1) is 25.4 Å². The molecule has 0 saturated carbocycles. The van der Waals surface area contributed by atoms with Crippen LogP contribution in [0.1, 0.15) is 30.0 Å². The molecule has 7 heteroatoms. The Morgan fingerprint density at radius 3 is 2.56 bits per heavy atom. The number of benzene rings is 1. The molecule has 2 N–H and O–H groups in total. The van der Waals surface area contributed by atoms with Gasteiger partial charge in [0.25, 0.3) is 0 Å². The predicted octanol–water partition coefficient (Wildman–Crippen LogP) is 2.33. The van der Waals surface area contributed by atoms with E-state index >= 15 is 0 Å². The molecule has 1 aromatic rings. The van der Waals surface area contributed by atoms with Crippen molar-refractivity contribution in [3.8, 4) is 0 Å². The van der Waals surface area contributed by atoms with Gasteiger partial charge < -0.3 is 20.1 Å². The number of morpholine rings is 1. The number of guanidine groups is 1. The van der Waals surface area contributed by atoms with Crippen LogP contribution in [0, 0.1) is 6.92 Å². The van der Waals surface area contributed by atoms with Crippen molar-refractivity contribution in [2.75, 3.05) is 53.0 Å². The van der Waals surface area contributed by atoms with E-state index in [1.54, 1.807) is 0 Å². The van der Waals surface area contributed by atoms with Crippen LogP contribution in [0.25, 0.3) is 0 Å². The fourth-order valence-corrected chi connectivity index (χ4v) is 3.57. The van der Waals surface area contributed by atoms with E-state index in [4.69, 9.17) is 9.47 Å². The van der Waals surface area contributed by atoms with Gasteiger partial charge in [-0.25, -0.2) is 0 Å². The van der Waals surface area contributed by atoms with Gasteiger partial charge in [0.1, 0.15) is 0 Å². The first-order valence-electron chi connectivity index (χ1n) is 9.71. The highest BCUT2D eigenvalue weighted by Crippen LogP contribution is 2.21. The van der Waals surface area contributed by atoms with Crippen LogP contribution in [-0.4, -0.2) is 70.0 Å². The molecule has 2 aliphatic rings. The summed E-state index contributed by atoms with van der Waals surface area (Å²) in [5.74, 6) is 0.839. The Kier molecular flexibility index (Phi) is 9.81. The van der Waals surface area contributed by atoms with Gasteiger partial charge in [-0.3, -0.25) is 9.89 Å². The number of aryl methyl sites for hydroxylation is 1. The smallest absolute Gasteiger partial charge is 0.191 e. The van der Waals surface area contributed by atoms with E-state index in [0.717, 1.165) is 64.8 Å². The minimum atomic E-state index is 0. The summed E-state index contributed by atoms with van der Waals surface area (Å²) in [6.07, 6.45) is 2.59. The molecule has 0 radical (unpaired) electrons. The highest BCUT2D eigenvalue weighted by Gasteiger charge is 2.23. The standard InChI is InChI=1S/C20H32N4O2.HI/c1-16-5-7-17(8-6-16)19(24-9-12-25-13-10-24)15-23-20(21-2)22-14-18-4-3-11-26-18;/h5-8,18-19H,3-4,9-15H2,1-2H3,(H2,21,22,23);1H. The fraction of sp³-hybridized carbons (Fsp3) is 0.650. The zero-order valence-corrected chi connectivity index (χ0v) is 18.8. The third kappa shape index (κ3) is 6.89. The molecule has 0 amide bonds. The predicted molar refractivity (Wildman–Crippen MR) is 120 cm³/mol. The Morgan fingerprint density at radius 2 is 1.93 bits per heavy atom. The number of aliphatic imine (C=N–C) groups is 1. The van der Waals surface area contributed by atoms with Gasteiger partial charge in [-0.15, -0.1) is 24.0 Å². The SMILES string of the molecule is CN=C(NCC1CCCO1)NCC(c1ccc(C)cc1)N1CCOCC1.I. The number of nitrogens with zero attached hydrogens (tertiary/aromatic N) is 2. The molecule has 0 aromatic heterocycles. The quantitative estimate of drug-likeness (QED) is 0.366. The lowest BCUT2D eigenvalue weighted by Crippen LogP contribution is -2.47. The van der Waals surface area contributed by atoms with Gasteiger partial charge in [0, 0.05) is 39.8 Å². The molecular formula is C20H33IN4O2. The molecule has 2 fully saturated rings. The molecule has 2 atom stereocenters. The van der Waals surface area contributed by atoms with E-state index < -0.39 is 0 Å². The van der Waals surface area contributed by atoms with Gasteiger partial charge in [0.2, 0.25) is 0 Å². The lowest BCUT2D eigenvalue weighted by Gasteiger charge is -2.35. The first-order chi connectivity index (χ1) is 12.8. The number of nitrogens with one attached hydrogen (secondary N) is 2. The van der Waals surface area contributed by atoms with Crippen molar-refractivity contribution in [3.63, 3.8) is 0 Å². The molecule has 0 bridgehead atoms. The van der Waals surface area contributed by atoms with Gasteiger partial charge in [-0.05, 0) is 25.3 Å². The van der Waals surface area contributed by atoms with E-state index in [1.807, 2.05) is 7.05 Å². The molecule has 1 aromatic carbocycles. The van der Waals surface area contributed by atoms with E-state index in [2.05, 4.69) is 51.7 Å². The number of hydrogen-bond donors (Lipinski definition) is 2. The average Bonchev–Trinajstić information content (AvgIpc) is 3.20. The van der Waals surface area contributed by atoms with Crippen molar-refractivity contribution in [2.45, 2.75) is 31.9 Å². The Labute approximate surface area is 180 Å². The maximum Gasteiger partial charge on any atom is 0.191 e. The zero-order chi connectivity index (χ0) is 18.2. The normalized spacial score (nSPS) is 22.1. The molecule has 2 heterocycles. The number of ether oxygens (including phenoxy) is 2. The summed E-state index contributed by atoms with van der Waals surface area (Å²) < 4.78 is 11.2. The van der Waals surface area contributed by atoms with Crippen molar-refractivity contribution in [2.24, 2.45) is 4.99 Å². The second kappa shape index (κ2) is 11.8. The van der Waals surface area contributed by atoms with Crippen LogP contribution >= 0.6 is 24.0 Å². The topological polar surface area (TPSA) is 58.1 Å². The van der Waals surface area contributed by atoms with Crippen molar-refractivity contribution < 1.29 is 9.47 Å². The maximum absolute atomic E-state index is 5.68. The molecule has 2 unspecified atom stereocenters. The van der Waals surface area contributed by atoms with Gasteiger partial charge in [-0.1, -0.05) is 29.8 Å². The van der Waals surface area contributed by atoms with Crippen molar-refractivity contribution >= 4 is 29.9 Å². The summed E-state index contributed by atoms with van der Waals surface area (Å²) in [5.41, 5.74) is 2.62. The minimum Gasteiger partial charge on any atom is -0.379 e. The van der Waals surface area contributed by atoms with E-state index in [1.165, 1.54) is 11.1 Å². The molecule has 2 aliphatic heterocycles. The van der Waals surface area contributed by atoms with Crippen LogP contribution in [0.15, 0.2) is 29.3 Å². The molecule has 0 spiro atoms. The lowest BCUT2D eigenvalue weighted by molar-refractivity contribution is 0.0170. The Bertz CT molecular complexity index is 570. The second-order valence-electron chi connectivity index (χ2n) is 7.04. The second-order valence-corrected chi connectivity index (χ2v) is 7.04. The number of rotatable bonds is 6. The highest BCUT2D eigenvalue weighted by atomic mass is 127. The first kappa shape index (κ1) is 22.4. The lowest BCUT2D eigenvalue weighted by atomic mass is 10.0. The summed E-state index contributed by atoms with van der Waals surface area (Å²) >= 11 is 0. The first-order valence-corrected chi connectivity index (χ1v) is 9.71. The average molecular weight is 488 g/mol. The Balaban J connectivity index is 0.00000261. The molecule has 6 nitrogen and oxygen atoms in total. The van der Waals surface area contributed by atoms with Crippen LogP contribution in [-0.2, 0) is 9.47 Å². The number of hydrogen-bond acceptors (Lipinski definition) is 4. The Hall–Kier alpha value is -0.900.